The van der Waals surface area contributed by atoms with E-state index in [2.05, 4.69) is 5.32 Å². The summed E-state index contributed by atoms with van der Waals surface area (Å²) in [5, 5.41) is 1.74. The lowest BCUT2D eigenvalue weighted by Gasteiger charge is -2.05. The van der Waals surface area contributed by atoms with Crippen LogP contribution in [0.2, 0.25) is 0 Å². The van der Waals surface area contributed by atoms with Crippen LogP contribution in [0.15, 0.2) is 53.4 Å². The van der Waals surface area contributed by atoms with Crippen LogP contribution in [-0.2, 0) is 4.79 Å². The van der Waals surface area contributed by atoms with E-state index in [0.29, 0.717) is 5.56 Å². The number of halogens is 1. The predicted octanol–water partition coefficient (Wildman–Crippen LogP) is 3.37. The van der Waals surface area contributed by atoms with Crippen molar-refractivity contribution in [3.05, 3.63) is 70.4 Å². The van der Waals surface area contributed by atoms with Crippen molar-refractivity contribution in [2.45, 2.75) is 0 Å². The maximum Gasteiger partial charge on any atom is 0.346 e. The van der Waals surface area contributed by atoms with Gasteiger partial charge in [0.25, 0.3) is 11.1 Å². The lowest BCUT2D eigenvalue weighted by Crippen LogP contribution is -2.17. The summed E-state index contributed by atoms with van der Waals surface area (Å²) in [5.74, 6) is -1.65. The monoisotopic (exact) mass is 343 g/mol. The highest BCUT2D eigenvalue weighted by atomic mass is 32.2. The SMILES string of the molecule is O=C1NC(=O)/C(=C\c2ccc(OC(=O)c3ccccc3F)cc2)S1. The van der Waals surface area contributed by atoms with E-state index in [9.17, 15) is 18.8 Å². The Morgan fingerprint density at radius 1 is 1.08 bits per heavy atom. The highest BCUT2D eigenvalue weighted by Crippen LogP contribution is 2.26. The van der Waals surface area contributed by atoms with Gasteiger partial charge in [-0.05, 0) is 47.7 Å². The zero-order chi connectivity index (χ0) is 17.1. The molecule has 5 nitrogen and oxygen atoms in total. The summed E-state index contributed by atoms with van der Waals surface area (Å²) in [5.41, 5.74) is 0.509. The molecule has 0 unspecified atom stereocenters. The van der Waals surface area contributed by atoms with Crippen LogP contribution in [0.4, 0.5) is 9.18 Å². The molecule has 3 rings (SSSR count). The zero-order valence-electron chi connectivity index (χ0n) is 12.1. The molecular weight excluding hydrogens is 333 g/mol. The molecule has 7 heteroatoms. The molecule has 0 aromatic heterocycles. The zero-order valence-corrected chi connectivity index (χ0v) is 12.9. The molecule has 0 atom stereocenters. The summed E-state index contributed by atoms with van der Waals surface area (Å²) in [6.07, 6.45) is 1.55. The van der Waals surface area contributed by atoms with Gasteiger partial charge in [-0.15, -0.1) is 0 Å². The second-order valence-corrected chi connectivity index (χ2v) is 5.81. The van der Waals surface area contributed by atoms with Gasteiger partial charge in [0.15, 0.2) is 0 Å². The van der Waals surface area contributed by atoms with Crippen LogP contribution in [0.1, 0.15) is 15.9 Å². The number of carbonyl (C=O) groups is 3. The Balaban J connectivity index is 1.72. The Hall–Kier alpha value is -2.93. The highest BCUT2D eigenvalue weighted by molar-refractivity contribution is 8.18. The lowest BCUT2D eigenvalue weighted by atomic mass is 10.2. The van der Waals surface area contributed by atoms with Crippen molar-refractivity contribution in [1.82, 2.24) is 5.32 Å². The number of carbonyl (C=O) groups excluding carboxylic acids is 3. The molecule has 2 aromatic carbocycles. The number of rotatable bonds is 3. The fourth-order valence-corrected chi connectivity index (χ4v) is 2.68. The van der Waals surface area contributed by atoms with Gasteiger partial charge in [-0.25, -0.2) is 9.18 Å². The van der Waals surface area contributed by atoms with Crippen LogP contribution in [0.25, 0.3) is 6.08 Å². The Bertz CT molecular complexity index is 861. The van der Waals surface area contributed by atoms with E-state index in [1.807, 2.05) is 0 Å². The quantitative estimate of drug-likeness (QED) is 0.525. The number of thioether (sulfide) groups is 1. The standard InChI is InChI=1S/C17H10FNO4S/c18-13-4-2-1-3-12(13)16(21)23-11-7-5-10(6-8-11)9-14-15(20)19-17(22)24-14/h1-9H,(H,19,20,22)/b14-9+. The molecule has 2 aromatic rings. The number of benzene rings is 2. The summed E-state index contributed by atoms with van der Waals surface area (Å²) in [6.45, 7) is 0. The number of imide groups is 1. The molecule has 2 amide bonds. The van der Waals surface area contributed by atoms with Gasteiger partial charge in [0, 0.05) is 0 Å². The normalized spacial score (nSPS) is 15.5. The van der Waals surface area contributed by atoms with E-state index < -0.39 is 22.9 Å². The van der Waals surface area contributed by atoms with Gasteiger partial charge in [0.05, 0.1) is 10.5 Å². The lowest BCUT2D eigenvalue weighted by molar-refractivity contribution is -0.115. The molecule has 0 saturated carbocycles. The number of nitrogens with one attached hydrogen (secondary N) is 1. The molecule has 120 valence electrons. The van der Waals surface area contributed by atoms with E-state index in [1.54, 1.807) is 24.3 Å². The Morgan fingerprint density at radius 2 is 1.79 bits per heavy atom. The molecule has 0 aliphatic carbocycles. The van der Waals surface area contributed by atoms with Gasteiger partial charge in [-0.3, -0.25) is 14.9 Å². The molecular formula is C17H10FNO4S. The second kappa shape index (κ2) is 6.67. The number of esters is 1. The van der Waals surface area contributed by atoms with Crippen molar-refractivity contribution < 1.29 is 23.5 Å². The van der Waals surface area contributed by atoms with Gasteiger partial charge >= 0.3 is 5.97 Å². The molecule has 1 heterocycles. The third-order valence-corrected chi connectivity index (χ3v) is 3.93. The minimum Gasteiger partial charge on any atom is -0.423 e. The number of hydrogen-bond donors (Lipinski definition) is 1. The third kappa shape index (κ3) is 3.52. The molecule has 0 bridgehead atoms. The first kappa shape index (κ1) is 15.9. The van der Waals surface area contributed by atoms with Gasteiger partial charge < -0.3 is 4.74 Å². The maximum absolute atomic E-state index is 13.5. The van der Waals surface area contributed by atoms with E-state index in [0.717, 1.165) is 11.8 Å². The number of hydrogen-bond acceptors (Lipinski definition) is 5. The summed E-state index contributed by atoms with van der Waals surface area (Å²) in [4.78, 5) is 34.8. The highest BCUT2D eigenvalue weighted by Gasteiger charge is 2.24. The van der Waals surface area contributed by atoms with Crippen LogP contribution in [0, 0.1) is 5.82 Å². The van der Waals surface area contributed by atoms with E-state index in [4.69, 9.17) is 4.74 Å². The summed E-state index contributed by atoms with van der Waals surface area (Å²) in [6, 6.07) is 11.8. The summed E-state index contributed by atoms with van der Waals surface area (Å²) < 4.78 is 18.6. The summed E-state index contributed by atoms with van der Waals surface area (Å²) >= 11 is 0.817. The number of ether oxygens (including phenoxy) is 1. The van der Waals surface area contributed by atoms with Crippen molar-refractivity contribution in [2.24, 2.45) is 0 Å². The summed E-state index contributed by atoms with van der Waals surface area (Å²) in [7, 11) is 0. The van der Waals surface area contributed by atoms with Gasteiger partial charge in [0.1, 0.15) is 11.6 Å². The van der Waals surface area contributed by atoms with Crippen molar-refractivity contribution in [3.63, 3.8) is 0 Å². The van der Waals surface area contributed by atoms with Gasteiger partial charge in [-0.1, -0.05) is 24.3 Å². The van der Waals surface area contributed by atoms with Crippen LogP contribution in [0.5, 0.6) is 5.75 Å². The fourth-order valence-electron chi connectivity index (χ4n) is 1.99. The molecule has 1 fully saturated rings. The molecule has 1 aliphatic heterocycles. The van der Waals surface area contributed by atoms with Gasteiger partial charge in [0.2, 0.25) is 0 Å². The maximum atomic E-state index is 13.5. The molecule has 24 heavy (non-hydrogen) atoms. The van der Waals surface area contributed by atoms with Crippen molar-refractivity contribution in [2.75, 3.05) is 0 Å². The van der Waals surface area contributed by atoms with Crippen LogP contribution >= 0.6 is 11.8 Å². The second-order valence-electron chi connectivity index (χ2n) is 4.79. The minimum absolute atomic E-state index is 0.152. The average molecular weight is 343 g/mol. The molecule has 0 radical (unpaired) electrons. The van der Waals surface area contributed by atoms with Crippen LogP contribution in [0.3, 0.4) is 0 Å². The van der Waals surface area contributed by atoms with E-state index >= 15 is 0 Å². The molecule has 1 aliphatic rings. The first-order chi connectivity index (χ1) is 11.5. The van der Waals surface area contributed by atoms with Gasteiger partial charge in [-0.2, -0.15) is 0 Å². The minimum atomic E-state index is -0.796. The van der Waals surface area contributed by atoms with Crippen molar-refractivity contribution >= 4 is 35.0 Å². The fraction of sp³-hybridized carbons (Fsp3) is 0. The third-order valence-electron chi connectivity index (χ3n) is 3.12. The smallest absolute Gasteiger partial charge is 0.346 e. The Labute approximate surface area is 140 Å². The van der Waals surface area contributed by atoms with E-state index in [1.165, 1.54) is 30.3 Å². The van der Waals surface area contributed by atoms with Crippen molar-refractivity contribution in [1.29, 1.82) is 0 Å². The van der Waals surface area contributed by atoms with Crippen LogP contribution in [-0.4, -0.2) is 17.1 Å². The number of amides is 2. The average Bonchev–Trinajstić information content (AvgIpc) is 2.87. The topological polar surface area (TPSA) is 72.5 Å². The molecule has 1 saturated heterocycles. The van der Waals surface area contributed by atoms with E-state index in [-0.39, 0.29) is 16.2 Å². The Morgan fingerprint density at radius 3 is 2.42 bits per heavy atom. The first-order valence-electron chi connectivity index (χ1n) is 6.84. The van der Waals surface area contributed by atoms with Crippen molar-refractivity contribution in [3.8, 4) is 5.75 Å². The Kier molecular flexibility index (Phi) is 4.43. The molecule has 0 spiro atoms. The van der Waals surface area contributed by atoms with Crippen LogP contribution < -0.4 is 10.1 Å². The largest absolute Gasteiger partial charge is 0.423 e. The molecule has 1 N–H and O–H groups in total. The predicted molar refractivity (Wildman–Crippen MR) is 86.9 cm³/mol. The first-order valence-corrected chi connectivity index (χ1v) is 7.66.